The van der Waals surface area contributed by atoms with E-state index in [1.807, 2.05) is 12.1 Å². The largest absolute Gasteiger partial charge is 0.456 e. The van der Waals surface area contributed by atoms with Crippen LogP contribution in [0.25, 0.3) is 28.0 Å². The molecule has 2 heterocycles. The van der Waals surface area contributed by atoms with Crippen LogP contribution in [0.2, 0.25) is 0 Å². The Hall–Kier alpha value is -5.41. The molecule has 44 heavy (non-hydrogen) atoms. The van der Waals surface area contributed by atoms with Crippen LogP contribution in [-0.2, 0) is 5.41 Å². The molecule has 2 aliphatic heterocycles. The van der Waals surface area contributed by atoms with Gasteiger partial charge in [-0.1, -0.05) is 147 Å². The molecule has 3 nitrogen and oxygen atoms in total. The van der Waals surface area contributed by atoms with Gasteiger partial charge in [0.05, 0.1) is 11.7 Å². The van der Waals surface area contributed by atoms with Gasteiger partial charge >= 0.3 is 0 Å². The number of hydrogen-bond acceptors (Lipinski definition) is 3. The lowest BCUT2D eigenvalue weighted by Gasteiger charge is -2.35. The summed E-state index contributed by atoms with van der Waals surface area (Å²) in [7, 11) is 0. The van der Waals surface area contributed by atoms with E-state index >= 15 is 0 Å². The highest BCUT2D eigenvalue weighted by Gasteiger charge is 2.35. The Labute approximate surface area is 258 Å². The summed E-state index contributed by atoms with van der Waals surface area (Å²) >= 11 is 0. The monoisotopic (exact) mass is 568 g/mol. The number of para-hydroxylation sites is 2. The highest BCUT2D eigenvalue weighted by Crippen LogP contribution is 2.51. The molecule has 0 saturated carbocycles. The van der Waals surface area contributed by atoms with Gasteiger partial charge in [-0.05, 0) is 28.8 Å². The average molecular weight is 569 g/mol. The molecule has 0 amide bonds. The van der Waals surface area contributed by atoms with Crippen molar-refractivity contribution in [2.24, 2.45) is 4.99 Å². The van der Waals surface area contributed by atoms with E-state index in [0.29, 0.717) is 0 Å². The van der Waals surface area contributed by atoms with Crippen molar-refractivity contribution in [3.63, 3.8) is 0 Å². The molecule has 3 aliphatic rings. The van der Waals surface area contributed by atoms with Crippen molar-refractivity contribution in [2.75, 3.05) is 0 Å². The van der Waals surface area contributed by atoms with Gasteiger partial charge in [-0.25, -0.2) is 4.99 Å². The second-order valence-corrected chi connectivity index (χ2v) is 12.1. The minimum Gasteiger partial charge on any atom is -0.456 e. The van der Waals surface area contributed by atoms with Gasteiger partial charge in [0.25, 0.3) is 0 Å². The SMILES string of the molecule is CC1(C)c2ccccc2Oc2c(-c3ccc(-c4cccc(C5=C6C=CC=CC6NC(c6ccccc6)=N5)c4)cc3)cccc21. The number of amidine groups is 1. The van der Waals surface area contributed by atoms with Crippen LogP contribution in [0.15, 0.2) is 156 Å². The summed E-state index contributed by atoms with van der Waals surface area (Å²) in [4.78, 5) is 5.15. The van der Waals surface area contributed by atoms with E-state index in [4.69, 9.17) is 9.73 Å². The van der Waals surface area contributed by atoms with Gasteiger partial charge in [0.1, 0.15) is 17.3 Å². The zero-order valence-corrected chi connectivity index (χ0v) is 24.8. The molecule has 0 radical (unpaired) electrons. The molecule has 1 N–H and O–H groups in total. The number of nitrogens with one attached hydrogen (secondary N) is 1. The summed E-state index contributed by atoms with van der Waals surface area (Å²) < 4.78 is 6.55. The topological polar surface area (TPSA) is 33.6 Å². The molecule has 1 atom stereocenters. The Morgan fingerprint density at radius 2 is 1.34 bits per heavy atom. The van der Waals surface area contributed by atoms with Gasteiger partial charge in [0, 0.05) is 38.8 Å². The number of hydrogen-bond donors (Lipinski definition) is 1. The number of allylic oxidation sites excluding steroid dienone is 2. The molecule has 5 aromatic carbocycles. The predicted molar refractivity (Wildman–Crippen MR) is 181 cm³/mol. The number of ether oxygens (including phenoxy) is 1. The first-order chi connectivity index (χ1) is 21.6. The fourth-order valence-corrected chi connectivity index (χ4v) is 6.61. The van der Waals surface area contributed by atoms with E-state index in [0.717, 1.165) is 56.4 Å². The maximum absolute atomic E-state index is 6.55. The maximum atomic E-state index is 6.55. The number of fused-ring (bicyclic) bond motifs is 3. The predicted octanol–water partition coefficient (Wildman–Crippen LogP) is 9.71. The van der Waals surface area contributed by atoms with Crippen LogP contribution in [0.1, 0.15) is 36.1 Å². The van der Waals surface area contributed by atoms with E-state index in [-0.39, 0.29) is 11.5 Å². The quantitative estimate of drug-likeness (QED) is 0.234. The first kappa shape index (κ1) is 26.2. The standard InChI is InChI=1S/C41H32N2O/c1-41(2)34-18-7-9-21-37(34)44-39-32(17-11-19-35(39)41)28-24-22-27(23-25-28)30-14-10-15-31(26-30)38-33-16-6-8-20-36(33)42-40(43-38)29-12-4-3-5-13-29/h3-26,36H,1-2H3,(H,42,43). The lowest BCUT2D eigenvalue weighted by Crippen LogP contribution is -2.39. The zero-order valence-electron chi connectivity index (χ0n) is 24.8. The van der Waals surface area contributed by atoms with E-state index < -0.39 is 0 Å². The molecule has 0 aromatic heterocycles. The molecule has 0 fully saturated rings. The van der Waals surface area contributed by atoms with Crippen LogP contribution in [0.3, 0.4) is 0 Å². The van der Waals surface area contributed by atoms with Gasteiger partial charge in [0.15, 0.2) is 0 Å². The molecule has 3 heteroatoms. The Morgan fingerprint density at radius 1 is 0.636 bits per heavy atom. The summed E-state index contributed by atoms with van der Waals surface area (Å²) in [6.45, 7) is 4.56. The van der Waals surface area contributed by atoms with E-state index in [2.05, 4.69) is 153 Å². The van der Waals surface area contributed by atoms with Crippen molar-refractivity contribution in [3.8, 4) is 33.8 Å². The average Bonchev–Trinajstić information content (AvgIpc) is 3.08. The van der Waals surface area contributed by atoms with Crippen LogP contribution in [0.4, 0.5) is 0 Å². The minimum absolute atomic E-state index is 0.0848. The molecule has 0 spiro atoms. The molecule has 0 saturated heterocycles. The van der Waals surface area contributed by atoms with E-state index in [9.17, 15) is 0 Å². The Morgan fingerprint density at radius 3 is 2.20 bits per heavy atom. The molecule has 212 valence electrons. The third-order valence-electron chi connectivity index (χ3n) is 8.99. The number of nitrogens with zero attached hydrogens (tertiary/aromatic N) is 1. The maximum Gasteiger partial charge on any atom is 0.139 e. The molecule has 0 bridgehead atoms. The van der Waals surface area contributed by atoms with Crippen molar-refractivity contribution in [3.05, 3.63) is 173 Å². The Kier molecular flexibility index (Phi) is 6.20. The van der Waals surface area contributed by atoms with Crippen LogP contribution in [-0.4, -0.2) is 11.9 Å². The van der Waals surface area contributed by atoms with Gasteiger partial charge in [-0.3, -0.25) is 0 Å². The van der Waals surface area contributed by atoms with Crippen molar-refractivity contribution in [1.29, 1.82) is 0 Å². The molecular formula is C41H32N2O. The minimum atomic E-state index is -0.143. The summed E-state index contributed by atoms with van der Waals surface area (Å²) in [5.74, 6) is 2.77. The van der Waals surface area contributed by atoms with Crippen molar-refractivity contribution in [2.45, 2.75) is 25.3 Å². The van der Waals surface area contributed by atoms with E-state index in [1.165, 1.54) is 16.7 Å². The van der Waals surface area contributed by atoms with Gasteiger partial charge < -0.3 is 10.1 Å². The van der Waals surface area contributed by atoms with Crippen LogP contribution >= 0.6 is 0 Å². The lowest BCUT2D eigenvalue weighted by atomic mass is 9.75. The van der Waals surface area contributed by atoms with Crippen LogP contribution < -0.4 is 10.1 Å². The smallest absolute Gasteiger partial charge is 0.139 e. The normalized spacial score (nSPS) is 17.5. The van der Waals surface area contributed by atoms with Gasteiger partial charge in [-0.15, -0.1) is 0 Å². The molecular weight excluding hydrogens is 536 g/mol. The molecule has 5 aromatic rings. The van der Waals surface area contributed by atoms with Crippen molar-refractivity contribution >= 4 is 11.5 Å². The molecule has 1 aliphatic carbocycles. The van der Waals surface area contributed by atoms with Gasteiger partial charge in [0.2, 0.25) is 0 Å². The third-order valence-corrected chi connectivity index (χ3v) is 8.99. The highest BCUT2D eigenvalue weighted by molar-refractivity contribution is 6.04. The molecule has 8 rings (SSSR count). The third kappa shape index (κ3) is 4.40. The first-order valence-electron chi connectivity index (χ1n) is 15.2. The second kappa shape index (κ2) is 10.4. The van der Waals surface area contributed by atoms with Crippen molar-refractivity contribution < 1.29 is 4.74 Å². The van der Waals surface area contributed by atoms with E-state index in [1.54, 1.807) is 0 Å². The molecule has 1 unspecified atom stereocenters. The fourth-order valence-electron chi connectivity index (χ4n) is 6.61. The lowest BCUT2D eigenvalue weighted by molar-refractivity contribution is 0.419. The fraction of sp³-hybridized carbons (Fsp3) is 0.0976. The zero-order chi connectivity index (χ0) is 29.7. The highest BCUT2D eigenvalue weighted by atomic mass is 16.5. The number of aliphatic imine (C=N–C) groups is 1. The number of rotatable bonds is 4. The summed E-state index contributed by atoms with van der Waals surface area (Å²) in [6.07, 6.45) is 8.55. The summed E-state index contributed by atoms with van der Waals surface area (Å²) in [5.41, 5.74) is 11.2. The van der Waals surface area contributed by atoms with Crippen LogP contribution in [0, 0.1) is 0 Å². The Balaban J connectivity index is 1.15. The van der Waals surface area contributed by atoms with Crippen molar-refractivity contribution in [1.82, 2.24) is 5.32 Å². The summed E-state index contributed by atoms with van der Waals surface area (Å²) in [5, 5.41) is 3.62. The first-order valence-corrected chi connectivity index (χ1v) is 15.2. The van der Waals surface area contributed by atoms with Gasteiger partial charge in [-0.2, -0.15) is 0 Å². The van der Waals surface area contributed by atoms with Crippen LogP contribution in [0.5, 0.6) is 11.5 Å². The number of benzene rings is 5. The second-order valence-electron chi connectivity index (χ2n) is 12.1. The summed E-state index contributed by atoms with van der Waals surface area (Å²) in [6, 6.07) is 42.8. The Bertz CT molecular complexity index is 2030.